The average molecular weight is 242 g/mol. The van der Waals surface area contributed by atoms with Crippen molar-refractivity contribution >= 4 is 15.5 Å². The van der Waals surface area contributed by atoms with Crippen molar-refractivity contribution in [2.24, 2.45) is 5.73 Å². The Hall–Kier alpha value is -1.07. The highest BCUT2D eigenvalue weighted by Crippen LogP contribution is 2.14. The normalized spacial score (nSPS) is 11.4. The van der Waals surface area contributed by atoms with Crippen LogP contribution in [0.3, 0.4) is 0 Å². The molecule has 1 aromatic carbocycles. The fourth-order valence-corrected chi connectivity index (χ4v) is 1.96. The second-order valence-corrected chi connectivity index (χ2v) is 6.19. The number of anilines is 1. The van der Waals surface area contributed by atoms with Crippen LogP contribution in [0.5, 0.6) is 0 Å². The molecule has 16 heavy (non-hydrogen) atoms. The molecule has 0 spiro atoms. The fraction of sp³-hybridized carbons (Fsp3) is 0.455. The summed E-state index contributed by atoms with van der Waals surface area (Å²) >= 11 is 0. The van der Waals surface area contributed by atoms with Crippen LogP contribution in [-0.4, -0.2) is 34.0 Å². The number of hydrogen-bond donors (Lipinski definition) is 1. The highest BCUT2D eigenvalue weighted by molar-refractivity contribution is 7.90. The molecule has 5 heteroatoms. The van der Waals surface area contributed by atoms with Crippen molar-refractivity contribution in [3.05, 3.63) is 29.8 Å². The van der Waals surface area contributed by atoms with Crippen LogP contribution in [0.25, 0.3) is 0 Å². The van der Waals surface area contributed by atoms with Crippen LogP contribution in [0.4, 0.5) is 5.69 Å². The Morgan fingerprint density at radius 3 is 2.62 bits per heavy atom. The van der Waals surface area contributed by atoms with E-state index in [4.69, 9.17) is 5.73 Å². The lowest BCUT2D eigenvalue weighted by Gasteiger charge is -2.19. The molecule has 0 aliphatic rings. The van der Waals surface area contributed by atoms with Gasteiger partial charge in [0.2, 0.25) is 0 Å². The highest BCUT2D eigenvalue weighted by Gasteiger charge is 2.06. The Labute approximate surface area is 97.0 Å². The summed E-state index contributed by atoms with van der Waals surface area (Å²) in [4.78, 5) is 1.92. The third-order valence-electron chi connectivity index (χ3n) is 2.38. The monoisotopic (exact) mass is 242 g/mol. The molecule has 1 aromatic rings. The molecule has 2 N–H and O–H groups in total. The molecule has 0 saturated heterocycles. The van der Waals surface area contributed by atoms with Crippen LogP contribution in [-0.2, 0) is 16.4 Å². The van der Waals surface area contributed by atoms with Gasteiger partial charge >= 0.3 is 0 Å². The van der Waals surface area contributed by atoms with Gasteiger partial charge in [-0.1, -0.05) is 12.1 Å². The SMILES string of the molecule is CN(CCS(C)(=O)=O)c1cccc(CN)c1. The highest BCUT2D eigenvalue weighted by atomic mass is 32.2. The molecule has 0 aliphatic carbocycles. The first-order valence-electron chi connectivity index (χ1n) is 5.10. The average Bonchev–Trinajstić information content (AvgIpc) is 2.25. The first kappa shape index (κ1) is 13.0. The topological polar surface area (TPSA) is 63.4 Å². The zero-order valence-corrected chi connectivity index (χ0v) is 10.5. The van der Waals surface area contributed by atoms with E-state index in [0.29, 0.717) is 13.1 Å². The van der Waals surface area contributed by atoms with E-state index in [2.05, 4.69) is 0 Å². The lowest BCUT2D eigenvalue weighted by molar-refractivity contribution is 0.601. The van der Waals surface area contributed by atoms with Crippen LogP contribution in [0.15, 0.2) is 24.3 Å². The molecule has 0 atom stereocenters. The van der Waals surface area contributed by atoms with Gasteiger partial charge < -0.3 is 10.6 Å². The fourth-order valence-electron chi connectivity index (χ4n) is 1.35. The molecule has 1 rings (SSSR count). The Kier molecular flexibility index (Phi) is 4.32. The molecule has 90 valence electrons. The van der Waals surface area contributed by atoms with Crippen molar-refractivity contribution < 1.29 is 8.42 Å². The third-order valence-corrected chi connectivity index (χ3v) is 3.31. The molecule has 0 heterocycles. The third kappa shape index (κ3) is 4.20. The van der Waals surface area contributed by atoms with Gasteiger partial charge in [-0.05, 0) is 17.7 Å². The van der Waals surface area contributed by atoms with Crippen molar-refractivity contribution in [3.8, 4) is 0 Å². The summed E-state index contributed by atoms with van der Waals surface area (Å²) in [5.74, 6) is 0.163. The van der Waals surface area contributed by atoms with E-state index in [0.717, 1.165) is 11.3 Å². The van der Waals surface area contributed by atoms with Crippen molar-refractivity contribution in [2.75, 3.05) is 30.5 Å². The largest absolute Gasteiger partial charge is 0.374 e. The maximum atomic E-state index is 11.0. The van der Waals surface area contributed by atoms with Crippen molar-refractivity contribution in [1.82, 2.24) is 0 Å². The van der Waals surface area contributed by atoms with E-state index in [9.17, 15) is 8.42 Å². The summed E-state index contributed by atoms with van der Waals surface area (Å²) in [6.45, 7) is 0.987. The zero-order valence-electron chi connectivity index (χ0n) is 9.68. The summed E-state index contributed by atoms with van der Waals surface area (Å²) < 4.78 is 22.1. The van der Waals surface area contributed by atoms with Crippen LogP contribution in [0.1, 0.15) is 5.56 Å². The maximum absolute atomic E-state index is 11.0. The molecule has 0 aromatic heterocycles. The minimum absolute atomic E-state index is 0.163. The Morgan fingerprint density at radius 2 is 2.06 bits per heavy atom. The minimum atomic E-state index is -2.91. The van der Waals surface area contributed by atoms with Gasteiger partial charge in [-0.15, -0.1) is 0 Å². The van der Waals surface area contributed by atoms with E-state index in [1.165, 1.54) is 6.26 Å². The standard InChI is InChI=1S/C11H18N2O2S/c1-13(6-7-16(2,14)15)11-5-3-4-10(8-11)9-12/h3-5,8H,6-7,9,12H2,1-2H3. The molecule has 0 unspecified atom stereocenters. The van der Waals surface area contributed by atoms with Gasteiger partial charge in [0.1, 0.15) is 9.84 Å². The molecular weight excluding hydrogens is 224 g/mol. The number of hydrogen-bond acceptors (Lipinski definition) is 4. The number of rotatable bonds is 5. The van der Waals surface area contributed by atoms with Crippen LogP contribution >= 0.6 is 0 Å². The first-order chi connectivity index (χ1) is 7.42. The van der Waals surface area contributed by atoms with Crippen LogP contribution in [0, 0.1) is 0 Å². The number of benzene rings is 1. The summed E-state index contributed by atoms with van der Waals surface area (Å²) in [6, 6.07) is 7.80. The second-order valence-electron chi connectivity index (χ2n) is 3.93. The predicted octanol–water partition coefficient (Wildman–Crippen LogP) is 0.626. The quantitative estimate of drug-likeness (QED) is 0.822. The lowest BCUT2D eigenvalue weighted by Crippen LogP contribution is -2.24. The van der Waals surface area contributed by atoms with Gasteiger partial charge in [0, 0.05) is 32.1 Å². The molecular formula is C11H18N2O2S. The molecule has 0 bridgehead atoms. The summed E-state index contributed by atoms with van der Waals surface area (Å²) in [7, 11) is -1.03. The van der Waals surface area contributed by atoms with Crippen LogP contribution in [0.2, 0.25) is 0 Å². The van der Waals surface area contributed by atoms with E-state index in [1.807, 2.05) is 36.2 Å². The van der Waals surface area contributed by atoms with E-state index < -0.39 is 9.84 Å². The van der Waals surface area contributed by atoms with E-state index >= 15 is 0 Å². The second kappa shape index (κ2) is 5.32. The number of nitrogens with two attached hydrogens (primary N) is 1. The smallest absolute Gasteiger partial charge is 0.149 e. The molecule has 0 amide bonds. The van der Waals surface area contributed by atoms with Gasteiger partial charge in [0.25, 0.3) is 0 Å². The molecule has 0 aliphatic heterocycles. The summed E-state index contributed by atoms with van der Waals surface area (Å²) in [5.41, 5.74) is 7.58. The first-order valence-corrected chi connectivity index (χ1v) is 7.16. The summed E-state index contributed by atoms with van der Waals surface area (Å²) in [5, 5.41) is 0. The maximum Gasteiger partial charge on any atom is 0.149 e. The summed E-state index contributed by atoms with van der Waals surface area (Å²) in [6.07, 6.45) is 1.25. The number of sulfone groups is 1. The van der Waals surface area contributed by atoms with E-state index in [1.54, 1.807) is 0 Å². The lowest BCUT2D eigenvalue weighted by atomic mass is 10.2. The Bertz CT molecular complexity index is 443. The number of nitrogens with zero attached hydrogens (tertiary/aromatic N) is 1. The van der Waals surface area contributed by atoms with Gasteiger partial charge in [-0.25, -0.2) is 8.42 Å². The zero-order chi connectivity index (χ0) is 12.2. The van der Waals surface area contributed by atoms with E-state index in [-0.39, 0.29) is 5.75 Å². The van der Waals surface area contributed by atoms with Crippen molar-refractivity contribution in [3.63, 3.8) is 0 Å². The van der Waals surface area contributed by atoms with Crippen LogP contribution < -0.4 is 10.6 Å². The Balaban J connectivity index is 2.69. The minimum Gasteiger partial charge on any atom is -0.374 e. The van der Waals surface area contributed by atoms with Crippen molar-refractivity contribution in [2.45, 2.75) is 6.54 Å². The molecule has 0 radical (unpaired) electrons. The van der Waals surface area contributed by atoms with Crippen molar-refractivity contribution in [1.29, 1.82) is 0 Å². The van der Waals surface area contributed by atoms with Gasteiger partial charge in [0.15, 0.2) is 0 Å². The molecule has 0 fully saturated rings. The molecule has 4 nitrogen and oxygen atoms in total. The van der Waals surface area contributed by atoms with Gasteiger partial charge in [0.05, 0.1) is 5.75 Å². The van der Waals surface area contributed by atoms with Gasteiger partial charge in [-0.3, -0.25) is 0 Å². The van der Waals surface area contributed by atoms with Gasteiger partial charge in [-0.2, -0.15) is 0 Å². The molecule has 0 saturated carbocycles. The Morgan fingerprint density at radius 1 is 1.38 bits per heavy atom. The predicted molar refractivity (Wildman–Crippen MR) is 67.3 cm³/mol.